The second-order valence-corrected chi connectivity index (χ2v) is 19.0. The number of rotatable bonds is 7. The number of hydrogen-bond donors (Lipinski definition) is 2. The third-order valence-electron chi connectivity index (χ3n) is 13.1. The van der Waals surface area contributed by atoms with Gasteiger partial charge in [-0.15, -0.1) is 0 Å². The molecule has 0 bridgehead atoms. The Labute approximate surface area is 359 Å². The van der Waals surface area contributed by atoms with Crippen molar-refractivity contribution >= 4 is 57.3 Å². The quantitative estimate of drug-likeness (QED) is 0.175. The topological polar surface area (TPSA) is 190 Å². The number of aromatic nitrogens is 2. The second-order valence-electron chi connectivity index (χ2n) is 17.9. The number of halogens is 1. The van der Waals surface area contributed by atoms with Crippen molar-refractivity contribution < 1.29 is 53.1 Å². The monoisotopic (exact) mass is 937 g/mol. The summed E-state index contributed by atoms with van der Waals surface area (Å²) in [5.74, 6) is -5.19. The van der Waals surface area contributed by atoms with Crippen LogP contribution in [0.25, 0.3) is 11.0 Å². The predicted molar refractivity (Wildman–Crippen MR) is 223 cm³/mol. The fourth-order valence-corrected chi connectivity index (χ4v) is 10.4. The van der Waals surface area contributed by atoms with E-state index in [0.29, 0.717) is 42.7 Å². The summed E-state index contributed by atoms with van der Waals surface area (Å²) in [5.41, 5.74) is 0.0455. The lowest BCUT2D eigenvalue weighted by molar-refractivity contribution is -0.295. The van der Waals surface area contributed by atoms with Crippen LogP contribution < -0.4 is 0 Å². The molecule has 0 spiro atoms. The van der Waals surface area contributed by atoms with Crippen LogP contribution in [0.2, 0.25) is 0 Å². The Morgan fingerprint density at radius 3 is 2.34 bits per heavy atom. The van der Waals surface area contributed by atoms with E-state index in [2.05, 4.69) is 14.9 Å². The lowest BCUT2D eigenvalue weighted by Crippen LogP contribution is -2.65. The third-order valence-corrected chi connectivity index (χ3v) is 14.6. The highest BCUT2D eigenvalue weighted by molar-refractivity contribution is 14.1. The summed E-state index contributed by atoms with van der Waals surface area (Å²) in [5, 5.41) is 22.2. The number of aliphatic hydroxyl groups is 1. The molecule has 6 rings (SSSR count). The molecule has 17 heteroatoms. The molecule has 4 fully saturated rings. The number of carbonyl (C=O) groups excluding carboxylic acids is 4. The number of ether oxygens (including phenoxy) is 5. The highest BCUT2D eigenvalue weighted by Gasteiger charge is 2.62. The number of methoxy groups -OCH3 is 1. The molecule has 6 heterocycles. The number of likely N-dealkylation sites (N-methyl/N-ethyl adjacent to an activating group) is 1. The van der Waals surface area contributed by atoms with Crippen molar-refractivity contribution in [2.75, 3.05) is 34.3 Å². The normalized spacial score (nSPS) is 38.2. The van der Waals surface area contributed by atoms with E-state index >= 15 is 0 Å². The van der Waals surface area contributed by atoms with E-state index < -0.39 is 81.4 Å². The van der Waals surface area contributed by atoms with Gasteiger partial charge in [0, 0.05) is 62.3 Å². The van der Waals surface area contributed by atoms with Crippen molar-refractivity contribution in [2.45, 2.75) is 133 Å². The van der Waals surface area contributed by atoms with Crippen LogP contribution in [-0.2, 0) is 44.6 Å². The maximum atomic E-state index is 14.8. The number of carbonyl (C=O) groups is 4. The van der Waals surface area contributed by atoms with Crippen LogP contribution in [0, 0.1) is 30.6 Å². The van der Waals surface area contributed by atoms with Gasteiger partial charge in [-0.05, 0) is 95.8 Å². The van der Waals surface area contributed by atoms with Gasteiger partial charge in [-0.2, -0.15) is 0 Å². The third kappa shape index (κ3) is 8.58. The number of likely N-dealkylation sites (tertiary alicyclic amines) is 1. The van der Waals surface area contributed by atoms with Gasteiger partial charge in [0.25, 0.3) is 0 Å². The van der Waals surface area contributed by atoms with E-state index in [0.717, 1.165) is 5.56 Å². The number of pyridine rings is 2. The average Bonchev–Trinajstić information content (AvgIpc) is 3.44. The minimum absolute atomic E-state index is 0.0202. The molecule has 0 saturated carbocycles. The minimum atomic E-state index is -1.48. The number of ketones is 2. The highest BCUT2D eigenvalue weighted by Crippen LogP contribution is 2.45. The van der Waals surface area contributed by atoms with E-state index in [1.54, 1.807) is 45.7 Å². The van der Waals surface area contributed by atoms with Crippen molar-refractivity contribution in [3.8, 4) is 5.75 Å². The molecule has 16 nitrogen and oxygen atoms in total. The van der Waals surface area contributed by atoms with E-state index in [9.17, 15) is 29.4 Å². The Hall–Kier alpha value is -3.07. The number of aromatic hydroxyl groups is 1. The number of alkyl halides is 1. The Balaban J connectivity index is 1.31. The molecule has 0 aromatic carbocycles. The molecule has 326 valence electrons. The van der Waals surface area contributed by atoms with Gasteiger partial charge in [-0.3, -0.25) is 34.2 Å². The van der Waals surface area contributed by atoms with Crippen molar-refractivity contribution in [3.05, 3.63) is 29.6 Å². The zero-order valence-electron chi connectivity index (χ0n) is 35.9. The van der Waals surface area contributed by atoms with Gasteiger partial charge >= 0.3 is 12.1 Å². The van der Waals surface area contributed by atoms with Gasteiger partial charge in [0.1, 0.15) is 23.6 Å². The van der Waals surface area contributed by atoms with Crippen LogP contribution in [0.1, 0.15) is 72.4 Å². The molecular weight excluding hydrogens is 877 g/mol. The number of aryl methyl sites for hydroxylation is 1. The molecule has 0 aliphatic carbocycles. The van der Waals surface area contributed by atoms with Crippen LogP contribution in [0.15, 0.2) is 18.5 Å². The summed E-state index contributed by atoms with van der Waals surface area (Å²) in [6.45, 7) is 15.1. The van der Waals surface area contributed by atoms with Crippen LogP contribution in [-0.4, -0.2) is 151 Å². The van der Waals surface area contributed by atoms with E-state index in [1.165, 1.54) is 20.2 Å². The van der Waals surface area contributed by atoms with Gasteiger partial charge in [-0.1, -0.05) is 20.8 Å². The number of amides is 1. The van der Waals surface area contributed by atoms with Gasteiger partial charge in [0.15, 0.2) is 21.8 Å². The van der Waals surface area contributed by atoms with Crippen molar-refractivity contribution in [3.63, 3.8) is 0 Å². The van der Waals surface area contributed by atoms with Crippen molar-refractivity contribution in [1.82, 2.24) is 24.7 Å². The molecule has 4 aliphatic rings. The number of cyclic esters (lactones) is 1. The van der Waals surface area contributed by atoms with E-state index in [1.807, 2.05) is 61.5 Å². The number of hydrogen-bond acceptors (Lipinski definition) is 15. The van der Waals surface area contributed by atoms with Crippen LogP contribution >= 0.6 is 22.6 Å². The van der Waals surface area contributed by atoms with Gasteiger partial charge in [-0.25, -0.2) is 4.79 Å². The van der Waals surface area contributed by atoms with Crippen molar-refractivity contribution in [1.29, 1.82) is 0 Å². The maximum Gasteiger partial charge on any atom is 0.411 e. The number of fused-ring (bicyclic) bond motifs is 2. The molecule has 13 atom stereocenters. The molecule has 2 N–H and O–H groups in total. The number of Topliss-reactive ketones (excluding diaryl/α,β-unsaturated/α-hetero) is 2. The Bertz CT molecular complexity index is 1930. The largest absolute Gasteiger partial charge is 0.506 e. The first kappa shape index (κ1) is 45.5. The van der Waals surface area contributed by atoms with Gasteiger partial charge < -0.3 is 38.8 Å². The molecule has 1 amide bonds. The zero-order chi connectivity index (χ0) is 43.5. The summed E-state index contributed by atoms with van der Waals surface area (Å²) < 4.78 is 30.0. The zero-order valence-corrected chi connectivity index (χ0v) is 38.0. The Kier molecular flexibility index (Phi) is 13.4. The van der Waals surface area contributed by atoms with Crippen LogP contribution in [0.5, 0.6) is 5.75 Å². The molecule has 2 aromatic rings. The Morgan fingerprint density at radius 1 is 1.02 bits per heavy atom. The summed E-state index contributed by atoms with van der Waals surface area (Å²) in [4.78, 5) is 71.4. The second kappa shape index (κ2) is 17.4. The van der Waals surface area contributed by atoms with Gasteiger partial charge in [0.2, 0.25) is 0 Å². The standard InChI is InChI=1S/C42H60IN5O11/c1-20-12-28-31(45-15-20)27(30(49)16-44-28)19-47-17-26(18-47)48-35-23(4)32(50)21(2)14-41(7,55-11)36(57-38-34(52)29(46(9)10)13-22(3)56-38)24(5)33(51)25(6)37(53)58-39(43)42(35,8)59-40(48)54/h12,15-16,21-26,29,34-36,38-39,49,52H,13-14,17-19H2,1-11H3/t21-,22-,23+,24+,25-,29+,34-,35+,36-,38+,39+,41-,42+/m1/s1. The number of esters is 1. The van der Waals surface area contributed by atoms with Gasteiger partial charge in [0.05, 0.1) is 47.1 Å². The molecule has 59 heavy (non-hydrogen) atoms. The molecule has 0 radical (unpaired) electrons. The maximum absolute atomic E-state index is 14.8. The van der Waals surface area contributed by atoms with Crippen LogP contribution in [0.3, 0.4) is 0 Å². The molecule has 4 saturated heterocycles. The lowest BCUT2D eigenvalue weighted by atomic mass is 9.74. The fourth-order valence-electron chi connectivity index (χ4n) is 9.63. The molecular formula is C42H60IN5O11. The first-order chi connectivity index (χ1) is 27.6. The first-order valence-corrected chi connectivity index (χ1v) is 21.7. The Morgan fingerprint density at radius 2 is 1.69 bits per heavy atom. The SMILES string of the molecule is CO[C@]1(C)C[C@@H](C)C(=O)[C@H](C)[C@@H]2N(C3CN(Cc4c(O)cnc5cc(C)cnc45)C3)C(=O)O[C@]2(C)[C@@H](I)OC(=O)[C@H](C)C(=O)[C@H](C)[C@H]1O[C@@H]1O[C@H](C)C[C@H](N(C)C)[C@H]1O. The predicted octanol–water partition coefficient (Wildman–Crippen LogP) is 4.01. The van der Waals surface area contributed by atoms with Crippen LogP contribution in [0.4, 0.5) is 4.79 Å². The summed E-state index contributed by atoms with van der Waals surface area (Å²) in [6.07, 6.45) is -0.388. The van der Waals surface area contributed by atoms with Crippen molar-refractivity contribution in [2.24, 2.45) is 23.7 Å². The summed E-state index contributed by atoms with van der Waals surface area (Å²) in [7, 11) is 5.21. The molecule has 2 aromatic heterocycles. The molecule has 0 unspecified atom stereocenters. The summed E-state index contributed by atoms with van der Waals surface area (Å²) >= 11 is 1.92. The number of nitrogens with zero attached hydrogens (tertiary/aromatic N) is 5. The van der Waals surface area contributed by atoms with E-state index in [-0.39, 0.29) is 36.1 Å². The minimum Gasteiger partial charge on any atom is -0.506 e. The summed E-state index contributed by atoms with van der Waals surface area (Å²) in [6, 6.07) is 0.373. The van der Waals surface area contributed by atoms with E-state index in [4.69, 9.17) is 23.7 Å². The lowest BCUT2D eigenvalue weighted by Gasteiger charge is -2.48. The number of aliphatic hydroxyl groups excluding tert-OH is 1. The fraction of sp³-hybridized carbons (Fsp3) is 0.714. The molecule has 4 aliphatic heterocycles. The smallest absolute Gasteiger partial charge is 0.411 e. The first-order valence-electron chi connectivity index (χ1n) is 20.4. The average molecular weight is 938 g/mol. The highest BCUT2D eigenvalue weighted by atomic mass is 127.